The SMILES string of the molecule is CC(Cl)C(Cl)(C(=O)O)C(=O)O. The van der Waals surface area contributed by atoms with Crippen LogP contribution in [-0.4, -0.2) is 32.4 Å². The Balaban J connectivity index is 4.82. The lowest BCUT2D eigenvalue weighted by atomic mass is 10.1. The Bertz CT molecular complexity index is 175. The Morgan fingerprint density at radius 3 is 1.64 bits per heavy atom. The molecule has 0 aliphatic carbocycles. The maximum atomic E-state index is 10.3. The Morgan fingerprint density at radius 2 is 1.64 bits per heavy atom. The molecular formula is C5H6Cl2O4. The normalized spacial score (nSPS) is 14.1. The number of carbonyl (C=O) groups is 2. The Kier molecular flexibility index (Phi) is 3.13. The molecular weight excluding hydrogens is 195 g/mol. The van der Waals surface area contributed by atoms with Gasteiger partial charge >= 0.3 is 11.9 Å². The van der Waals surface area contributed by atoms with Gasteiger partial charge in [-0.3, -0.25) is 0 Å². The minimum atomic E-state index is -2.43. The average Bonchev–Trinajstić information content (AvgIpc) is 1.84. The van der Waals surface area contributed by atoms with E-state index in [4.69, 9.17) is 33.4 Å². The van der Waals surface area contributed by atoms with E-state index in [0.29, 0.717) is 0 Å². The highest BCUT2D eigenvalue weighted by molar-refractivity contribution is 6.49. The third-order valence-electron chi connectivity index (χ3n) is 1.17. The lowest BCUT2D eigenvalue weighted by Crippen LogP contribution is -2.47. The summed E-state index contributed by atoms with van der Waals surface area (Å²) in [4.78, 5) is 18.2. The molecule has 0 spiro atoms. The van der Waals surface area contributed by atoms with Crippen molar-refractivity contribution in [3.63, 3.8) is 0 Å². The summed E-state index contributed by atoms with van der Waals surface area (Å²) in [6.07, 6.45) is 0. The van der Waals surface area contributed by atoms with Gasteiger partial charge in [0.25, 0.3) is 4.87 Å². The molecule has 4 nitrogen and oxygen atoms in total. The quantitative estimate of drug-likeness (QED) is 0.522. The van der Waals surface area contributed by atoms with Crippen LogP contribution in [0, 0.1) is 0 Å². The number of rotatable bonds is 3. The van der Waals surface area contributed by atoms with E-state index in [1.54, 1.807) is 0 Å². The maximum Gasteiger partial charge on any atom is 0.338 e. The first-order valence-electron chi connectivity index (χ1n) is 2.63. The molecule has 0 amide bonds. The molecule has 0 aliphatic heterocycles. The van der Waals surface area contributed by atoms with E-state index in [0.717, 1.165) is 0 Å². The second-order valence-corrected chi connectivity index (χ2v) is 3.19. The summed E-state index contributed by atoms with van der Waals surface area (Å²) in [5.41, 5.74) is 0. The lowest BCUT2D eigenvalue weighted by molar-refractivity contribution is -0.152. The Morgan fingerprint density at radius 1 is 1.36 bits per heavy atom. The van der Waals surface area contributed by atoms with Crippen molar-refractivity contribution >= 4 is 35.1 Å². The van der Waals surface area contributed by atoms with Crippen molar-refractivity contribution in [1.29, 1.82) is 0 Å². The fourth-order valence-corrected chi connectivity index (χ4v) is 0.618. The van der Waals surface area contributed by atoms with Gasteiger partial charge in [-0.25, -0.2) is 9.59 Å². The van der Waals surface area contributed by atoms with Crippen LogP contribution in [0.2, 0.25) is 0 Å². The van der Waals surface area contributed by atoms with E-state index in [1.807, 2.05) is 0 Å². The lowest BCUT2D eigenvalue weighted by Gasteiger charge is -2.18. The van der Waals surface area contributed by atoms with Gasteiger partial charge in [0.05, 0.1) is 5.38 Å². The molecule has 0 aromatic heterocycles. The second-order valence-electron chi connectivity index (χ2n) is 1.94. The summed E-state index contributed by atoms with van der Waals surface area (Å²) in [7, 11) is 0. The minimum absolute atomic E-state index is 1.18. The number of alkyl halides is 2. The average molecular weight is 201 g/mol. The minimum Gasteiger partial charge on any atom is -0.479 e. The number of carboxylic acid groups (broad SMARTS) is 2. The van der Waals surface area contributed by atoms with Gasteiger partial charge in [-0.15, -0.1) is 11.6 Å². The van der Waals surface area contributed by atoms with Gasteiger partial charge in [0.15, 0.2) is 0 Å². The number of aliphatic carboxylic acids is 2. The van der Waals surface area contributed by atoms with E-state index in [9.17, 15) is 9.59 Å². The molecule has 0 bridgehead atoms. The van der Waals surface area contributed by atoms with Crippen LogP contribution in [0.4, 0.5) is 0 Å². The largest absolute Gasteiger partial charge is 0.479 e. The maximum absolute atomic E-state index is 10.3. The summed E-state index contributed by atoms with van der Waals surface area (Å²) in [5, 5.41) is 15.6. The molecule has 0 heterocycles. The zero-order chi connectivity index (χ0) is 9.23. The molecule has 0 aliphatic rings. The first-order valence-corrected chi connectivity index (χ1v) is 3.44. The van der Waals surface area contributed by atoms with E-state index in [2.05, 4.69) is 0 Å². The molecule has 0 fully saturated rings. The summed E-state index contributed by atoms with van der Waals surface area (Å²) in [6, 6.07) is 0. The molecule has 6 heteroatoms. The summed E-state index contributed by atoms with van der Waals surface area (Å²) < 4.78 is 0. The van der Waals surface area contributed by atoms with E-state index in [1.165, 1.54) is 6.92 Å². The van der Waals surface area contributed by atoms with Crippen LogP contribution in [-0.2, 0) is 9.59 Å². The van der Waals surface area contributed by atoms with Gasteiger partial charge in [-0.2, -0.15) is 0 Å². The monoisotopic (exact) mass is 200 g/mol. The Labute approximate surface area is 72.7 Å². The first kappa shape index (κ1) is 10.5. The highest BCUT2D eigenvalue weighted by atomic mass is 35.5. The van der Waals surface area contributed by atoms with Gasteiger partial charge in [-0.05, 0) is 6.92 Å². The van der Waals surface area contributed by atoms with Crippen LogP contribution in [0.3, 0.4) is 0 Å². The molecule has 0 radical (unpaired) electrons. The summed E-state index contributed by atoms with van der Waals surface area (Å²) in [6.45, 7) is 1.21. The van der Waals surface area contributed by atoms with Crippen molar-refractivity contribution in [2.45, 2.75) is 17.2 Å². The highest BCUT2D eigenvalue weighted by Gasteiger charge is 2.49. The van der Waals surface area contributed by atoms with Crippen molar-refractivity contribution in [2.24, 2.45) is 0 Å². The first-order chi connectivity index (χ1) is 4.83. The number of hydrogen-bond acceptors (Lipinski definition) is 2. The summed E-state index contributed by atoms with van der Waals surface area (Å²) in [5.74, 6) is -3.32. The predicted octanol–water partition coefficient (Wildman–Crippen LogP) is 0.760. The molecule has 64 valence electrons. The van der Waals surface area contributed by atoms with Crippen molar-refractivity contribution in [3.8, 4) is 0 Å². The van der Waals surface area contributed by atoms with Gasteiger partial charge in [-0.1, -0.05) is 11.6 Å². The molecule has 0 aromatic carbocycles. The zero-order valence-corrected chi connectivity index (χ0v) is 7.06. The number of carboxylic acids is 2. The molecule has 0 saturated heterocycles. The van der Waals surface area contributed by atoms with Crippen molar-refractivity contribution in [3.05, 3.63) is 0 Å². The van der Waals surface area contributed by atoms with Crippen LogP contribution in [0.15, 0.2) is 0 Å². The van der Waals surface area contributed by atoms with Gasteiger partial charge in [0.1, 0.15) is 0 Å². The molecule has 1 unspecified atom stereocenters. The zero-order valence-electron chi connectivity index (χ0n) is 5.54. The fraction of sp³-hybridized carbons (Fsp3) is 0.600. The predicted molar refractivity (Wildman–Crippen MR) is 39.2 cm³/mol. The Hall–Kier alpha value is -0.480. The van der Waals surface area contributed by atoms with E-state index >= 15 is 0 Å². The topological polar surface area (TPSA) is 74.6 Å². The van der Waals surface area contributed by atoms with Gasteiger partial charge in [0, 0.05) is 0 Å². The molecule has 1 atom stereocenters. The molecule has 2 N–H and O–H groups in total. The highest BCUT2D eigenvalue weighted by Crippen LogP contribution is 2.25. The summed E-state index contributed by atoms with van der Waals surface area (Å²) >= 11 is 10.5. The van der Waals surface area contributed by atoms with E-state index in [-0.39, 0.29) is 0 Å². The molecule has 11 heavy (non-hydrogen) atoms. The van der Waals surface area contributed by atoms with E-state index < -0.39 is 22.2 Å². The molecule has 0 saturated carbocycles. The fourth-order valence-electron chi connectivity index (χ4n) is 0.432. The second kappa shape index (κ2) is 3.28. The van der Waals surface area contributed by atoms with Crippen molar-refractivity contribution in [2.75, 3.05) is 0 Å². The van der Waals surface area contributed by atoms with Crippen LogP contribution in [0.25, 0.3) is 0 Å². The van der Waals surface area contributed by atoms with Crippen molar-refractivity contribution < 1.29 is 19.8 Å². The van der Waals surface area contributed by atoms with Crippen molar-refractivity contribution in [1.82, 2.24) is 0 Å². The van der Waals surface area contributed by atoms with Crippen LogP contribution < -0.4 is 0 Å². The third kappa shape index (κ3) is 1.75. The number of halogens is 2. The molecule has 0 rings (SSSR count). The smallest absolute Gasteiger partial charge is 0.338 e. The van der Waals surface area contributed by atoms with Crippen LogP contribution in [0.1, 0.15) is 6.92 Å². The number of hydrogen-bond donors (Lipinski definition) is 2. The van der Waals surface area contributed by atoms with Crippen LogP contribution in [0.5, 0.6) is 0 Å². The van der Waals surface area contributed by atoms with Gasteiger partial charge in [0.2, 0.25) is 0 Å². The third-order valence-corrected chi connectivity index (χ3v) is 2.26. The molecule has 0 aromatic rings. The standard InChI is InChI=1S/C5H6Cl2O4/c1-2(6)5(7,3(8)9)4(10)11/h2H,1H3,(H,8,9)(H,10,11). The van der Waals surface area contributed by atoms with Crippen LogP contribution >= 0.6 is 23.2 Å². The van der Waals surface area contributed by atoms with Gasteiger partial charge < -0.3 is 10.2 Å².